The third-order valence-electron chi connectivity index (χ3n) is 2.22. The number of hydrogen-bond acceptors (Lipinski definition) is 6. The van der Waals surface area contributed by atoms with Crippen molar-refractivity contribution in [2.75, 3.05) is 24.8 Å². The molecule has 1 aromatic heterocycles. The monoisotopic (exact) mass is 281 g/mol. The van der Waals surface area contributed by atoms with Gasteiger partial charge in [-0.3, -0.25) is 0 Å². The van der Waals surface area contributed by atoms with Gasteiger partial charge in [0, 0.05) is 18.6 Å². The standard InChI is InChI=1S/C12H15N3OS2/c1-9-3-5-10(6-4-9)13-11-14-15-12(18-11)17-8-7-16-2/h3-6H,7-8H2,1-2H3,(H,13,14). The van der Waals surface area contributed by atoms with Crippen molar-refractivity contribution in [1.82, 2.24) is 10.2 Å². The molecule has 6 heteroatoms. The molecule has 0 radical (unpaired) electrons. The van der Waals surface area contributed by atoms with E-state index in [1.165, 1.54) is 5.56 Å². The summed E-state index contributed by atoms with van der Waals surface area (Å²) in [5.74, 6) is 0.898. The molecule has 2 aromatic rings. The van der Waals surface area contributed by atoms with Gasteiger partial charge in [-0.25, -0.2) is 0 Å². The van der Waals surface area contributed by atoms with Crippen LogP contribution in [0.4, 0.5) is 10.8 Å². The molecule has 0 aliphatic heterocycles. The lowest BCUT2D eigenvalue weighted by molar-refractivity contribution is 0.218. The lowest BCUT2D eigenvalue weighted by Crippen LogP contribution is -1.90. The molecular formula is C12H15N3OS2. The SMILES string of the molecule is COCCSc1nnc(Nc2ccc(C)cc2)s1. The summed E-state index contributed by atoms with van der Waals surface area (Å²) in [5.41, 5.74) is 2.28. The smallest absolute Gasteiger partial charge is 0.210 e. The highest BCUT2D eigenvalue weighted by molar-refractivity contribution is 8.01. The molecule has 96 valence electrons. The lowest BCUT2D eigenvalue weighted by Gasteiger charge is -2.01. The number of hydrogen-bond donors (Lipinski definition) is 1. The van der Waals surface area contributed by atoms with Crippen molar-refractivity contribution in [3.05, 3.63) is 29.8 Å². The van der Waals surface area contributed by atoms with E-state index in [0.29, 0.717) is 0 Å². The minimum atomic E-state index is 0.727. The van der Waals surface area contributed by atoms with Gasteiger partial charge in [0.05, 0.1) is 6.61 Å². The number of thioether (sulfide) groups is 1. The predicted octanol–water partition coefficient (Wildman–Crippen LogP) is 3.33. The van der Waals surface area contributed by atoms with Crippen molar-refractivity contribution in [2.24, 2.45) is 0 Å². The van der Waals surface area contributed by atoms with Gasteiger partial charge in [0.25, 0.3) is 0 Å². The quantitative estimate of drug-likeness (QED) is 0.650. The fourth-order valence-corrected chi connectivity index (χ4v) is 3.03. The number of benzene rings is 1. The van der Waals surface area contributed by atoms with Gasteiger partial charge in [0.15, 0.2) is 4.34 Å². The Labute approximate surface area is 115 Å². The highest BCUT2D eigenvalue weighted by Gasteiger charge is 2.04. The highest BCUT2D eigenvalue weighted by Crippen LogP contribution is 2.27. The van der Waals surface area contributed by atoms with Crippen molar-refractivity contribution in [3.63, 3.8) is 0 Å². The Hall–Kier alpha value is -1.11. The Morgan fingerprint density at radius 3 is 2.78 bits per heavy atom. The van der Waals surface area contributed by atoms with Crippen LogP contribution in [-0.2, 0) is 4.74 Å². The molecule has 1 N–H and O–H groups in total. The fourth-order valence-electron chi connectivity index (χ4n) is 1.29. The number of methoxy groups -OCH3 is 1. The molecule has 0 aliphatic rings. The van der Waals surface area contributed by atoms with Crippen LogP contribution in [-0.4, -0.2) is 29.7 Å². The van der Waals surface area contributed by atoms with Gasteiger partial charge < -0.3 is 10.1 Å². The van der Waals surface area contributed by atoms with E-state index in [2.05, 4.69) is 34.6 Å². The zero-order valence-corrected chi connectivity index (χ0v) is 12.0. The second kappa shape index (κ2) is 6.72. The predicted molar refractivity (Wildman–Crippen MR) is 77.0 cm³/mol. The van der Waals surface area contributed by atoms with E-state index in [0.717, 1.165) is 27.5 Å². The van der Waals surface area contributed by atoms with Gasteiger partial charge in [-0.05, 0) is 19.1 Å². The summed E-state index contributed by atoms with van der Waals surface area (Å²) in [7, 11) is 1.70. The summed E-state index contributed by atoms with van der Waals surface area (Å²) >= 11 is 3.22. The first kappa shape index (κ1) is 13.3. The van der Waals surface area contributed by atoms with E-state index in [1.807, 2.05) is 12.1 Å². The highest BCUT2D eigenvalue weighted by atomic mass is 32.2. The molecule has 1 heterocycles. The Morgan fingerprint density at radius 1 is 1.28 bits per heavy atom. The Balaban J connectivity index is 1.91. The van der Waals surface area contributed by atoms with E-state index < -0.39 is 0 Å². The van der Waals surface area contributed by atoms with Gasteiger partial charge in [-0.1, -0.05) is 40.8 Å². The van der Waals surface area contributed by atoms with E-state index in [-0.39, 0.29) is 0 Å². The first-order valence-electron chi connectivity index (χ1n) is 5.57. The molecular weight excluding hydrogens is 266 g/mol. The maximum Gasteiger partial charge on any atom is 0.210 e. The summed E-state index contributed by atoms with van der Waals surface area (Å²) in [4.78, 5) is 0. The summed E-state index contributed by atoms with van der Waals surface area (Å²) < 4.78 is 5.96. The molecule has 0 atom stereocenters. The molecule has 0 unspecified atom stereocenters. The second-order valence-corrected chi connectivity index (χ2v) is 6.02. The van der Waals surface area contributed by atoms with Crippen molar-refractivity contribution in [2.45, 2.75) is 11.3 Å². The number of nitrogens with zero attached hydrogens (tertiary/aromatic N) is 2. The fraction of sp³-hybridized carbons (Fsp3) is 0.333. The maximum absolute atomic E-state index is 5.00. The molecule has 0 saturated heterocycles. The molecule has 0 amide bonds. The molecule has 4 nitrogen and oxygen atoms in total. The van der Waals surface area contributed by atoms with Crippen molar-refractivity contribution >= 4 is 33.9 Å². The number of anilines is 2. The van der Waals surface area contributed by atoms with Gasteiger partial charge in [-0.15, -0.1) is 10.2 Å². The number of nitrogens with one attached hydrogen (secondary N) is 1. The molecule has 18 heavy (non-hydrogen) atoms. The second-order valence-electron chi connectivity index (χ2n) is 3.71. The topological polar surface area (TPSA) is 47.0 Å². The number of rotatable bonds is 6. The van der Waals surface area contributed by atoms with Gasteiger partial charge in [0.2, 0.25) is 5.13 Å². The Bertz CT molecular complexity index is 484. The molecule has 0 aliphatic carbocycles. The Kier molecular flexibility index (Phi) is 4.98. The third kappa shape index (κ3) is 3.97. The third-order valence-corrected chi connectivity index (χ3v) is 4.16. The lowest BCUT2D eigenvalue weighted by atomic mass is 10.2. The van der Waals surface area contributed by atoms with Crippen molar-refractivity contribution in [3.8, 4) is 0 Å². The van der Waals surface area contributed by atoms with Crippen molar-refractivity contribution < 1.29 is 4.74 Å². The van der Waals surface area contributed by atoms with Crippen LogP contribution in [0.5, 0.6) is 0 Å². The average Bonchev–Trinajstić information content (AvgIpc) is 2.80. The van der Waals surface area contributed by atoms with Crippen LogP contribution in [0.15, 0.2) is 28.6 Å². The zero-order valence-electron chi connectivity index (χ0n) is 10.3. The van der Waals surface area contributed by atoms with E-state index in [1.54, 1.807) is 30.2 Å². The molecule has 0 saturated carbocycles. The minimum Gasteiger partial charge on any atom is -0.384 e. The first-order chi connectivity index (χ1) is 8.78. The Morgan fingerprint density at radius 2 is 2.06 bits per heavy atom. The van der Waals surface area contributed by atoms with Gasteiger partial charge in [0.1, 0.15) is 0 Å². The normalized spacial score (nSPS) is 10.6. The van der Waals surface area contributed by atoms with Gasteiger partial charge in [-0.2, -0.15) is 0 Å². The molecule has 2 rings (SSSR count). The largest absolute Gasteiger partial charge is 0.384 e. The molecule has 0 fully saturated rings. The first-order valence-corrected chi connectivity index (χ1v) is 7.37. The van der Waals surface area contributed by atoms with Crippen LogP contribution >= 0.6 is 23.1 Å². The molecule has 0 spiro atoms. The number of aromatic nitrogens is 2. The van der Waals surface area contributed by atoms with Crippen LogP contribution in [0.1, 0.15) is 5.56 Å². The summed E-state index contributed by atoms with van der Waals surface area (Å²) in [6.07, 6.45) is 0. The summed E-state index contributed by atoms with van der Waals surface area (Å²) in [5, 5.41) is 12.3. The van der Waals surface area contributed by atoms with Crippen LogP contribution < -0.4 is 5.32 Å². The summed E-state index contributed by atoms with van der Waals surface area (Å²) in [6.45, 7) is 2.80. The van der Waals surface area contributed by atoms with Crippen molar-refractivity contribution in [1.29, 1.82) is 0 Å². The van der Waals surface area contributed by atoms with Gasteiger partial charge >= 0.3 is 0 Å². The minimum absolute atomic E-state index is 0.727. The zero-order chi connectivity index (χ0) is 12.8. The summed E-state index contributed by atoms with van der Waals surface area (Å²) in [6, 6.07) is 8.21. The van der Waals surface area contributed by atoms with E-state index in [9.17, 15) is 0 Å². The van der Waals surface area contributed by atoms with Crippen LogP contribution in [0.25, 0.3) is 0 Å². The number of ether oxygens (including phenoxy) is 1. The number of aryl methyl sites for hydroxylation is 1. The average molecular weight is 281 g/mol. The van der Waals surface area contributed by atoms with E-state index in [4.69, 9.17) is 4.74 Å². The van der Waals surface area contributed by atoms with Crippen LogP contribution in [0, 0.1) is 6.92 Å². The molecule has 0 bridgehead atoms. The molecule has 1 aromatic carbocycles. The van der Waals surface area contributed by atoms with Crippen LogP contribution in [0.2, 0.25) is 0 Å². The van der Waals surface area contributed by atoms with Crippen LogP contribution in [0.3, 0.4) is 0 Å². The van der Waals surface area contributed by atoms with E-state index >= 15 is 0 Å². The maximum atomic E-state index is 5.00.